The predicted octanol–water partition coefficient (Wildman–Crippen LogP) is 2.06. The number of benzene rings is 1. The van der Waals surface area contributed by atoms with Gasteiger partial charge in [-0.05, 0) is 30.7 Å². The molecule has 6 heteroatoms. The number of hydrogen-bond acceptors (Lipinski definition) is 4. The Bertz CT molecular complexity index is 793. The van der Waals surface area contributed by atoms with Gasteiger partial charge >= 0.3 is 0 Å². The number of carbonyl (C=O) groups is 1. The molecule has 0 saturated carbocycles. The molecule has 2 heterocycles. The van der Waals surface area contributed by atoms with E-state index >= 15 is 0 Å². The van der Waals surface area contributed by atoms with E-state index in [2.05, 4.69) is 20.6 Å². The van der Waals surface area contributed by atoms with Crippen molar-refractivity contribution < 1.29 is 4.79 Å². The second-order valence-electron chi connectivity index (χ2n) is 4.57. The van der Waals surface area contributed by atoms with Crippen molar-refractivity contribution >= 4 is 17.2 Å². The summed E-state index contributed by atoms with van der Waals surface area (Å²) in [5, 5.41) is 15.1. The van der Waals surface area contributed by atoms with Crippen LogP contribution in [-0.2, 0) is 4.79 Å². The summed E-state index contributed by atoms with van der Waals surface area (Å²) >= 11 is 0. The first-order valence-corrected chi connectivity index (χ1v) is 6.19. The molecule has 2 aromatic heterocycles. The quantitative estimate of drug-likeness (QED) is 0.771. The first-order chi connectivity index (χ1) is 9.63. The smallest absolute Gasteiger partial charge is 0.221 e. The number of nitrogens with zero attached hydrogens (tertiary/aromatic N) is 4. The van der Waals surface area contributed by atoms with Crippen LogP contribution in [-0.4, -0.2) is 25.7 Å². The minimum atomic E-state index is -0.0962. The Morgan fingerprint density at radius 2 is 2.15 bits per heavy atom. The fraction of sp³-hybridized carbons (Fsp3) is 0.143. The van der Waals surface area contributed by atoms with Gasteiger partial charge in [-0.1, -0.05) is 12.1 Å². The number of fused-ring (bicyclic) bond motifs is 1. The molecule has 100 valence electrons. The summed E-state index contributed by atoms with van der Waals surface area (Å²) in [6.07, 6.45) is 1.57. The molecule has 0 atom stereocenters. The molecule has 0 unspecified atom stereocenters. The van der Waals surface area contributed by atoms with E-state index in [0.29, 0.717) is 5.65 Å². The molecular formula is C14H13N5O. The maximum absolute atomic E-state index is 11.1. The fourth-order valence-electron chi connectivity index (χ4n) is 2.09. The van der Waals surface area contributed by atoms with Crippen LogP contribution in [0.3, 0.4) is 0 Å². The van der Waals surface area contributed by atoms with Crippen LogP contribution in [0.25, 0.3) is 16.9 Å². The van der Waals surface area contributed by atoms with Crippen LogP contribution in [0.5, 0.6) is 0 Å². The first kappa shape index (κ1) is 12.3. The van der Waals surface area contributed by atoms with E-state index in [4.69, 9.17) is 0 Å². The minimum absolute atomic E-state index is 0.0962. The summed E-state index contributed by atoms with van der Waals surface area (Å²) in [5.41, 5.74) is 4.24. The van der Waals surface area contributed by atoms with Crippen LogP contribution < -0.4 is 5.32 Å². The second kappa shape index (κ2) is 4.73. The highest BCUT2D eigenvalue weighted by Crippen LogP contribution is 2.24. The maximum atomic E-state index is 11.1. The van der Waals surface area contributed by atoms with Crippen LogP contribution >= 0.6 is 0 Å². The first-order valence-electron chi connectivity index (χ1n) is 6.19. The number of carbonyl (C=O) groups excluding carboxylic acids is 1. The normalized spacial score (nSPS) is 10.7. The molecule has 0 fully saturated rings. The summed E-state index contributed by atoms with van der Waals surface area (Å²) < 4.78 is 1.63. The van der Waals surface area contributed by atoms with Gasteiger partial charge in [0.2, 0.25) is 5.91 Å². The molecule has 1 N–H and O–H groups in total. The summed E-state index contributed by atoms with van der Waals surface area (Å²) in [5.74, 6) is -0.0962. The average Bonchev–Trinajstić information content (AvgIpc) is 2.84. The zero-order chi connectivity index (χ0) is 14.1. The van der Waals surface area contributed by atoms with Crippen LogP contribution in [0, 0.1) is 6.92 Å². The standard InChI is InChI=1S/C14H13N5O/c1-9-6-13-17-15-8-19(13)18-14(9)11-4-3-5-12(7-11)16-10(2)20/h3-8H,1-2H3,(H,16,20). The van der Waals surface area contributed by atoms with Crippen molar-refractivity contribution in [1.82, 2.24) is 19.8 Å². The molecule has 6 nitrogen and oxygen atoms in total. The minimum Gasteiger partial charge on any atom is -0.326 e. The largest absolute Gasteiger partial charge is 0.326 e. The summed E-state index contributed by atoms with van der Waals surface area (Å²) in [7, 11) is 0. The molecule has 0 aliphatic heterocycles. The molecule has 1 amide bonds. The van der Waals surface area contributed by atoms with Gasteiger partial charge < -0.3 is 5.32 Å². The monoisotopic (exact) mass is 267 g/mol. The molecule has 20 heavy (non-hydrogen) atoms. The Morgan fingerprint density at radius 3 is 2.95 bits per heavy atom. The van der Waals surface area contributed by atoms with Gasteiger partial charge in [0, 0.05) is 18.2 Å². The fourth-order valence-corrected chi connectivity index (χ4v) is 2.09. The summed E-state index contributed by atoms with van der Waals surface area (Å²) in [4.78, 5) is 11.1. The summed E-state index contributed by atoms with van der Waals surface area (Å²) in [6.45, 7) is 3.46. The van der Waals surface area contributed by atoms with E-state index in [0.717, 1.165) is 22.5 Å². The third-order valence-electron chi connectivity index (χ3n) is 2.94. The number of nitrogens with one attached hydrogen (secondary N) is 1. The number of amides is 1. The number of anilines is 1. The molecule has 1 aromatic carbocycles. The van der Waals surface area contributed by atoms with Crippen molar-refractivity contribution in [3.05, 3.63) is 42.2 Å². The van der Waals surface area contributed by atoms with E-state index in [9.17, 15) is 4.79 Å². The Kier molecular flexibility index (Phi) is 2.90. The van der Waals surface area contributed by atoms with Crippen LogP contribution in [0.2, 0.25) is 0 Å². The van der Waals surface area contributed by atoms with E-state index in [1.165, 1.54) is 6.92 Å². The molecule has 0 saturated heterocycles. The van der Waals surface area contributed by atoms with Crippen molar-refractivity contribution in [3.8, 4) is 11.3 Å². The SMILES string of the molecule is CC(=O)Nc1cccc(-c2nn3cnnc3cc2C)c1. The molecule has 3 rings (SSSR count). The van der Waals surface area contributed by atoms with E-state index in [-0.39, 0.29) is 5.91 Å². The van der Waals surface area contributed by atoms with Crippen LogP contribution in [0.15, 0.2) is 36.7 Å². The van der Waals surface area contributed by atoms with Crippen molar-refractivity contribution in [2.75, 3.05) is 5.32 Å². The molecule has 0 spiro atoms. The van der Waals surface area contributed by atoms with Crippen molar-refractivity contribution in [1.29, 1.82) is 0 Å². The predicted molar refractivity (Wildman–Crippen MR) is 75.3 cm³/mol. The lowest BCUT2D eigenvalue weighted by atomic mass is 10.1. The lowest BCUT2D eigenvalue weighted by molar-refractivity contribution is -0.114. The highest BCUT2D eigenvalue weighted by molar-refractivity contribution is 5.89. The van der Waals surface area contributed by atoms with Gasteiger partial charge in [-0.15, -0.1) is 10.2 Å². The zero-order valence-corrected chi connectivity index (χ0v) is 11.2. The Morgan fingerprint density at radius 1 is 1.30 bits per heavy atom. The van der Waals surface area contributed by atoms with Gasteiger partial charge in [-0.2, -0.15) is 9.61 Å². The van der Waals surface area contributed by atoms with Crippen molar-refractivity contribution in [2.24, 2.45) is 0 Å². The Balaban J connectivity index is 2.09. The lowest BCUT2D eigenvalue weighted by Crippen LogP contribution is -2.05. The van der Waals surface area contributed by atoms with Gasteiger partial charge in [0.1, 0.15) is 6.33 Å². The zero-order valence-electron chi connectivity index (χ0n) is 11.2. The molecule has 0 radical (unpaired) electrons. The topological polar surface area (TPSA) is 72.2 Å². The van der Waals surface area contributed by atoms with Gasteiger partial charge in [-0.3, -0.25) is 4.79 Å². The highest BCUT2D eigenvalue weighted by atomic mass is 16.1. The van der Waals surface area contributed by atoms with Crippen molar-refractivity contribution in [2.45, 2.75) is 13.8 Å². The molecule has 0 aliphatic carbocycles. The highest BCUT2D eigenvalue weighted by Gasteiger charge is 2.08. The number of hydrogen-bond donors (Lipinski definition) is 1. The van der Waals surface area contributed by atoms with E-state index < -0.39 is 0 Å². The number of aryl methyl sites for hydroxylation is 1. The lowest BCUT2D eigenvalue weighted by Gasteiger charge is -2.08. The second-order valence-corrected chi connectivity index (χ2v) is 4.57. The number of aromatic nitrogens is 4. The molecule has 3 aromatic rings. The van der Waals surface area contributed by atoms with Crippen LogP contribution in [0.4, 0.5) is 5.69 Å². The van der Waals surface area contributed by atoms with Crippen LogP contribution in [0.1, 0.15) is 12.5 Å². The summed E-state index contributed by atoms with van der Waals surface area (Å²) in [6, 6.07) is 9.51. The van der Waals surface area contributed by atoms with Crippen molar-refractivity contribution in [3.63, 3.8) is 0 Å². The molecule has 0 bridgehead atoms. The van der Waals surface area contributed by atoms with Gasteiger partial charge in [0.25, 0.3) is 0 Å². The molecular weight excluding hydrogens is 254 g/mol. The van der Waals surface area contributed by atoms with E-state index in [1.807, 2.05) is 37.3 Å². The third kappa shape index (κ3) is 2.23. The third-order valence-corrected chi connectivity index (χ3v) is 2.94. The van der Waals surface area contributed by atoms with E-state index in [1.54, 1.807) is 10.8 Å². The number of rotatable bonds is 2. The average molecular weight is 267 g/mol. The van der Waals surface area contributed by atoms with Gasteiger partial charge in [0.05, 0.1) is 5.69 Å². The maximum Gasteiger partial charge on any atom is 0.221 e. The van der Waals surface area contributed by atoms with Gasteiger partial charge in [-0.25, -0.2) is 0 Å². The Hall–Kier alpha value is -2.76. The molecule has 0 aliphatic rings. The van der Waals surface area contributed by atoms with Gasteiger partial charge in [0.15, 0.2) is 5.65 Å². The Labute approximate surface area is 115 Å².